The summed E-state index contributed by atoms with van der Waals surface area (Å²) in [5.74, 6) is 0.520. The van der Waals surface area contributed by atoms with Gasteiger partial charge in [-0.3, -0.25) is 4.79 Å². The van der Waals surface area contributed by atoms with Gasteiger partial charge in [-0.05, 0) is 12.1 Å². The van der Waals surface area contributed by atoms with Gasteiger partial charge in [-0.15, -0.1) is 0 Å². The highest BCUT2D eigenvalue weighted by molar-refractivity contribution is 8.00. The molecule has 1 aliphatic heterocycles. The maximum atomic E-state index is 12.5. The van der Waals surface area contributed by atoms with Crippen LogP contribution in [0, 0.1) is 0 Å². The number of hydrogen-bond donors (Lipinski definition) is 0. The van der Waals surface area contributed by atoms with Crippen molar-refractivity contribution in [2.24, 2.45) is 0 Å². The SMILES string of the molecule is CS(=O)(=O)C1CSCCN1C(=O)c1nc(Cl)ccc1Cl. The number of nitrogens with zero attached hydrogens (tertiary/aromatic N) is 2. The monoisotopic (exact) mass is 354 g/mol. The number of aromatic nitrogens is 1. The molecular weight excluding hydrogens is 343 g/mol. The molecule has 0 aliphatic carbocycles. The smallest absolute Gasteiger partial charge is 0.275 e. The Hall–Kier alpha value is -0.500. The Bertz CT molecular complexity index is 637. The lowest BCUT2D eigenvalue weighted by Gasteiger charge is -2.33. The van der Waals surface area contributed by atoms with Crippen LogP contribution in [0.5, 0.6) is 0 Å². The fourth-order valence-electron chi connectivity index (χ4n) is 1.87. The average Bonchev–Trinajstić information content (AvgIpc) is 2.40. The summed E-state index contributed by atoms with van der Waals surface area (Å²) in [5.41, 5.74) is -0.0142. The van der Waals surface area contributed by atoms with E-state index in [1.54, 1.807) is 0 Å². The van der Waals surface area contributed by atoms with Crippen molar-refractivity contribution < 1.29 is 13.2 Å². The van der Waals surface area contributed by atoms with Gasteiger partial charge in [-0.25, -0.2) is 13.4 Å². The zero-order chi connectivity index (χ0) is 14.9. The van der Waals surface area contributed by atoms with Crippen molar-refractivity contribution in [2.45, 2.75) is 5.37 Å². The topological polar surface area (TPSA) is 67.3 Å². The number of pyridine rings is 1. The lowest BCUT2D eigenvalue weighted by molar-refractivity contribution is 0.0744. The second-order valence-electron chi connectivity index (χ2n) is 4.32. The first-order valence-corrected chi connectivity index (χ1v) is 9.57. The summed E-state index contributed by atoms with van der Waals surface area (Å²) in [5, 5.41) is -0.560. The van der Waals surface area contributed by atoms with Crippen molar-refractivity contribution in [1.82, 2.24) is 9.88 Å². The third kappa shape index (κ3) is 3.39. The van der Waals surface area contributed by atoms with E-state index in [9.17, 15) is 13.2 Å². The van der Waals surface area contributed by atoms with E-state index >= 15 is 0 Å². The number of rotatable bonds is 2. The molecule has 0 aromatic carbocycles. The Balaban J connectivity index is 2.37. The van der Waals surface area contributed by atoms with Gasteiger partial charge in [0.15, 0.2) is 9.84 Å². The van der Waals surface area contributed by atoms with Gasteiger partial charge in [0.25, 0.3) is 5.91 Å². The van der Waals surface area contributed by atoms with Gasteiger partial charge < -0.3 is 4.90 Å². The van der Waals surface area contributed by atoms with Crippen molar-refractivity contribution in [3.8, 4) is 0 Å². The zero-order valence-corrected chi connectivity index (χ0v) is 13.7. The highest BCUT2D eigenvalue weighted by Gasteiger charge is 2.35. The zero-order valence-electron chi connectivity index (χ0n) is 10.5. The summed E-state index contributed by atoms with van der Waals surface area (Å²) >= 11 is 13.2. The number of hydrogen-bond acceptors (Lipinski definition) is 5. The van der Waals surface area contributed by atoms with Gasteiger partial charge >= 0.3 is 0 Å². The second kappa shape index (κ2) is 6.09. The van der Waals surface area contributed by atoms with Crippen LogP contribution in [0.2, 0.25) is 10.2 Å². The summed E-state index contributed by atoms with van der Waals surface area (Å²) in [7, 11) is -3.37. The number of thioether (sulfide) groups is 1. The first-order valence-electron chi connectivity index (χ1n) is 5.70. The molecule has 1 aromatic heterocycles. The summed E-state index contributed by atoms with van der Waals surface area (Å²) in [6.45, 7) is 0.339. The molecule has 0 saturated carbocycles. The van der Waals surface area contributed by atoms with E-state index in [-0.39, 0.29) is 15.9 Å². The number of carbonyl (C=O) groups excluding carboxylic acids is 1. The largest absolute Gasteiger partial charge is 0.319 e. The Labute approximate surface area is 131 Å². The summed E-state index contributed by atoms with van der Waals surface area (Å²) in [6.07, 6.45) is 1.12. The quantitative estimate of drug-likeness (QED) is 0.759. The third-order valence-corrected chi connectivity index (χ3v) is 6.01. The number of halogens is 2. The van der Waals surface area contributed by atoms with Gasteiger partial charge in [0.2, 0.25) is 0 Å². The van der Waals surface area contributed by atoms with Crippen LogP contribution in [0.1, 0.15) is 10.5 Å². The predicted molar refractivity (Wildman–Crippen MR) is 81.3 cm³/mol. The fourth-order valence-corrected chi connectivity index (χ4v) is 5.02. The molecule has 0 bridgehead atoms. The molecule has 5 nitrogen and oxygen atoms in total. The van der Waals surface area contributed by atoms with Crippen LogP contribution >= 0.6 is 35.0 Å². The van der Waals surface area contributed by atoms with Gasteiger partial charge in [-0.2, -0.15) is 11.8 Å². The fraction of sp³-hybridized carbons (Fsp3) is 0.455. The van der Waals surface area contributed by atoms with Gasteiger partial charge in [0.1, 0.15) is 16.2 Å². The standard InChI is InChI=1S/C11H12Cl2N2O3S2/c1-20(17,18)9-6-19-5-4-15(9)11(16)10-7(12)2-3-8(13)14-10/h2-3,9H,4-6H2,1H3. The normalized spacial score (nSPS) is 19.9. The molecular formula is C11H12Cl2N2O3S2. The van der Waals surface area contributed by atoms with Crippen molar-refractivity contribution >= 4 is 50.7 Å². The van der Waals surface area contributed by atoms with Gasteiger partial charge in [-0.1, -0.05) is 23.2 Å². The summed E-state index contributed by atoms with van der Waals surface area (Å²) < 4.78 is 23.6. The Morgan fingerprint density at radius 1 is 1.45 bits per heavy atom. The number of sulfone groups is 1. The molecule has 1 atom stereocenters. The van der Waals surface area contributed by atoms with Crippen molar-refractivity contribution in [3.05, 3.63) is 28.0 Å². The van der Waals surface area contributed by atoms with Crippen LogP contribution in [0.25, 0.3) is 0 Å². The molecule has 2 rings (SSSR count). The lowest BCUT2D eigenvalue weighted by Crippen LogP contribution is -2.50. The van der Waals surface area contributed by atoms with Gasteiger partial charge in [0.05, 0.1) is 5.02 Å². The van der Waals surface area contributed by atoms with Crippen LogP contribution in [0.4, 0.5) is 0 Å². The first kappa shape index (κ1) is 15.9. The molecule has 0 N–H and O–H groups in total. The van der Waals surface area contributed by atoms with E-state index in [2.05, 4.69) is 4.98 Å². The minimum absolute atomic E-state index is 0.0142. The molecule has 20 heavy (non-hydrogen) atoms. The van der Waals surface area contributed by atoms with Crippen molar-refractivity contribution in [2.75, 3.05) is 24.3 Å². The predicted octanol–water partition coefficient (Wildman–Crippen LogP) is 1.95. The average molecular weight is 355 g/mol. The molecule has 9 heteroatoms. The molecule has 1 unspecified atom stereocenters. The van der Waals surface area contributed by atoms with E-state index in [4.69, 9.17) is 23.2 Å². The molecule has 0 radical (unpaired) electrons. The molecule has 110 valence electrons. The summed E-state index contributed by atoms with van der Waals surface area (Å²) in [4.78, 5) is 17.7. The van der Waals surface area contributed by atoms with E-state index in [0.717, 1.165) is 6.26 Å². The Morgan fingerprint density at radius 2 is 2.15 bits per heavy atom. The van der Waals surface area contributed by atoms with Crippen molar-refractivity contribution in [3.63, 3.8) is 0 Å². The maximum Gasteiger partial charge on any atom is 0.275 e. The van der Waals surface area contributed by atoms with Crippen LogP contribution in [0.3, 0.4) is 0 Å². The van der Waals surface area contributed by atoms with E-state index in [0.29, 0.717) is 18.1 Å². The highest BCUT2D eigenvalue weighted by Crippen LogP contribution is 2.25. The summed E-state index contributed by atoms with van der Waals surface area (Å²) in [6, 6.07) is 2.94. The van der Waals surface area contributed by atoms with Crippen LogP contribution in [-0.2, 0) is 9.84 Å². The van der Waals surface area contributed by atoms with E-state index in [1.807, 2.05) is 0 Å². The van der Waals surface area contributed by atoms with E-state index in [1.165, 1.54) is 28.8 Å². The first-order chi connectivity index (χ1) is 9.30. The van der Waals surface area contributed by atoms with Gasteiger partial charge in [0, 0.05) is 24.3 Å². The lowest BCUT2D eigenvalue weighted by atomic mass is 10.3. The maximum absolute atomic E-state index is 12.5. The molecule has 1 saturated heterocycles. The molecule has 0 spiro atoms. The number of amides is 1. The molecule has 1 fully saturated rings. The Kier molecular flexibility index (Phi) is 4.84. The van der Waals surface area contributed by atoms with Crippen LogP contribution < -0.4 is 0 Å². The second-order valence-corrected chi connectivity index (χ2v) is 8.47. The molecule has 1 aliphatic rings. The molecule has 1 amide bonds. The number of carbonyl (C=O) groups is 1. The Morgan fingerprint density at radius 3 is 2.80 bits per heavy atom. The van der Waals surface area contributed by atoms with Crippen LogP contribution in [0.15, 0.2) is 12.1 Å². The van der Waals surface area contributed by atoms with Crippen molar-refractivity contribution in [1.29, 1.82) is 0 Å². The minimum Gasteiger partial charge on any atom is -0.319 e. The minimum atomic E-state index is -3.37. The van der Waals surface area contributed by atoms with Crippen LogP contribution in [-0.4, -0.2) is 53.9 Å². The third-order valence-electron chi connectivity index (χ3n) is 2.85. The molecule has 1 aromatic rings. The van der Waals surface area contributed by atoms with E-state index < -0.39 is 21.1 Å². The highest BCUT2D eigenvalue weighted by atomic mass is 35.5. The molecule has 2 heterocycles.